The van der Waals surface area contributed by atoms with E-state index < -0.39 is 0 Å². The number of halogens is 1. The van der Waals surface area contributed by atoms with Crippen molar-refractivity contribution in [2.24, 2.45) is 5.73 Å². The highest BCUT2D eigenvalue weighted by Crippen LogP contribution is 2.16. The molecule has 0 bridgehead atoms. The van der Waals surface area contributed by atoms with E-state index in [-0.39, 0.29) is 17.8 Å². The lowest BCUT2D eigenvalue weighted by atomic mass is 10.0. The first-order valence-electron chi connectivity index (χ1n) is 6.55. The Bertz CT molecular complexity index is 499. The fourth-order valence-electron chi connectivity index (χ4n) is 2.30. The Kier molecular flexibility index (Phi) is 4.32. The second-order valence-corrected chi connectivity index (χ2v) is 5.02. The number of hydrogen-bond donors (Lipinski definition) is 1. The summed E-state index contributed by atoms with van der Waals surface area (Å²) in [5.41, 5.74) is 7.36. The molecule has 0 saturated carbocycles. The van der Waals surface area contributed by atoms with Gasteiger partial charge in [-0.3, -0.25) is 4.79 Å². The summed E-state index contributed by atoms with van der Waals surface area (Å²) < 4.78 is 13.1. The minimum Gasteiger partial charge on any atom is -0.338 e. The van der Waals surface area contributed by atoms with Crippen molar-refractivity contribution in [3.05, 3.63) is 41.7 Å². The average molecular weight is 262 g/mol. The lowest BCUT2D eigenvalue weighted by Crippen LogP contribution is -2.45. The molecule has 1 unspecified atom stereocenters. The van der Waals surface area contributed by atoms with E-state index in [1.807, 2.05) is 6.92 Å². The fraction of sp³-hybridized carbons (Fsp3) is 0.400. The number of carbonyl (C=O) groups excluding carboxylic acids is 1. The van der Waals surface area contributed by atoms with Crippen molar-refractivity contribution in [2.75, 3.05) is 13.1 Å². The van der Waals surface area contributed by atoms with Gasteiger partial charge < -0.3 is 10.6 Å². The minimum absolute atomic E-state index is 0.0445. The number of benzene rings is 1. The van der Waals surface area contributed by atoms with Crippen molar-refractivity contribution in [2.45, 2.75) is 25.8 Å². The van der Waals surface area contributed by atoms with Gasteiger partial charge >= 0.3 is 0 Å². The summed E-state index contributed by atoms with van der Waals surface area (Å²) >= 11 is 0. The highest BCUT2D eigenvalue weighted by molar-refractivity contribution is 5.94. The van der Waals surface area contributed by atoms with E-state index >= 15 is 0 Å². The van der Waals surface area contributed by atoms with Gasteiger partial charge in [-0.15, -0.1) is 0 Å². The zero-order chi connectivity index (χ0) is 13.8. The van der Waals surface area contributed by atoms with Gasteiger partial charge in [0, 0.05) is 25.2 Å². The van der Waals surface area contributed by atoms with Gasteiger partial charge in [-0.05, 0) is 43.0 Å². The van der Waals surface area contributed by atoms with Gasteiger partial charge in [0.1, 0.15) is 5.82 Å². The van der Waals surface area contributed by atoms with E-state index in [2.05, 4.69) is 0 Å². The monoisotopic (exact) mass is 262 g/mol. The number of hydrogen-bond acceptors (Lipinski definition) is 2. The Hall–Kier alpha value is -1.68. The van der Waals surface area contributed by atoms with Gasteiger partial charge in [0.15, 0.2) is 0 Å². The molecule has 1 fully saturated rings. The molecule has 2 rings (SSSR count). The van der Waals surface area contributed by atoms with Crippen molar-refractivity contribution in [1.82, 2.24) is 4.90 Å². The first kappa shape index (κ1) is 13.7. The number of rotatable bonds is 2. The van der Waals surface area contributed by atoms with Crippen molar-refractivity contribution >= 4 is 11.5 Å². The van der Waals surface area contributed by atoms with E-state index in [9.17, 15) is 9.18 Å². The maximum Gasteiger partial charge on any atom is 0.246 e. The molecule has 1 aromatic rings. The molecule has 0 aliphatic carbocycles. The molecular weight excluding hydrogens is 243 g/mol. The van der Waals surface area contributed by atoms with Crippen LogP contribution >= 0.6 is 0 Å². The van der Waals surface area contributed by atoms with Crippen LogP contribution in [0.15, 0.2) is 30.3 Å². The van der Waals surface area contributed by atoms with Gasteiger partial charge in [-0.2, -0.15) is 0 Å². The molecule has 0 spiro atoms. The standard InChI is InChI=1S/C15H19FN2O/c1-11(12-4-2-5-13(16)9-12)8-15(19)18-7-3-6-14(17)10-18/h2,4-5,8-9,14H,3,6-7,10,17H2,1H3/b11-8+. The summed E-state index contributed by atoms with van der Waals surface area (Å²) in [4.78, 5) is 13.9. The molecule has 0 aromatic heterocycles. The number of nitrogens with zero attached hydrogens (tertiary/aromatic N) is 1. The highest BCUT2D eigenvalue weighted by Gasteiger charge is 2.19. The third-order valence-corrected chi connectivity index (χ3v) is 3.39. The summed E-state index contributed by atoms with van der Waals surface area (Å²) in [6.45, 7) is 3.17. The van der Waals surface area contributed by atoms with E-state index in [1.54, 1.807) is 23.1 Å². The van der Waals surface area contributed by atoms with Crippen LogP contribution in [0.1, 0.15) is 25.3 Å². The lowest BCUT2D eigenvalue weighted by molar-refractivity contribution is -0.127. The molecule has 1 amide bonds. The van der Waals surface area contributed by atoms with Crippen LogP contribution in [-0.4, -0.2) is 29.9 Å². The van der Waals surface area contributed by atoms with Crippen LogP contribution in [0.3, 0.4) is 0 Å². The smallest absolute Gasteiger partial charge is 0.246 e. The van der Waals surface area contributed by atoms with E-state index in [4.69, 9.17) is 5.73 Å². The van der Waals surface area contributed by atoms with Crippen LogP contribution < -0.4 is 5.73 Å². The van der Waals surface area contributed by atoms with Crippen LogP contribution in [-0.2, 0) is 4.79 Å². The quantitative estimate of drug-likeness (QED) is 0.830. The second-order valence-electron chi connectivity index (χ2n) is 5.02. The Morgan fingerprint density at radius 2 is 2.32 bits per heavy atom. The average Bonchev–Trinajstić information content (AvgIpc) is 2.38. The summed E-state index contributed by atoms with van der Waals surface area (Å²) in [5, 5.41) is 0. The summed E-state index contributed by atoms with van der Waals surface area (Å²) in [5.74, 6) is -0.338. The zero-order valence-electron chi connectivity index (χ0n) is 11.1. The van der Waals surface area contributed by atoms with E-state index in [0.717, 1.165) is 30.5 Å². The van der Waals surface area contributed by atoms with Crippen LogP contribution in [0, 0.1) is 5.82 Å². The van der Waals surface area contributed by atoms with Crippen LogP contribution in [0.2, 0.25) is 0 Å². The molecule has 1 atom stereocenters. The summed E-state index contributed by atoms with van der Waals surface area (Å²) in [6, 6.07) is 6.33. The first-order chi connectivity index (χ1) is 9.06. The molecule has 1 heterocycles. The number of piperidine rings is 1. The van der Waals surface area contributed by atoms with E-state index in [0.29, 0.717) is 6.54 Å². The van der Waals surface area contributed by atoms with Crippen molar-refractivity contribution < 1.29 is 9.18 Å². The third kappa shape index (κ3) is 3.64. The normalized spacial score (nSPS) is 20.5. The molecule has 1 aliphatic heterocycles. The summed E-state index contributed by atoms with van der Waals surface area (Å²) in [7, 11) is 0. The minimum atomic E-state index is -0.294. The van der Waals surface area contributed by atoms with Gasteiger partial charge in [0.05, 0.1) is 0 Å². The largest absolute Gasteiger partial charge is 0.338 e. The Morgan fingerprint density at radius 3 is 3.00 bits per heavy atom. The molecule has 4 heteroatoms. The number of nitrogens with two attached hydrogens (primary N) is 1. The Morgan fingerprint density at radius 1 is 1.53 bits per heavy atom. The third-order valence-electron chi connectivity index (χ3n) is 3.39. The molecule has 3 nitrogen and oxygen atoms in total. The molecule has 1 aromatic carbocycles. The maximum absolute atomic E-state index is 13.1. The fourth-order valence-corrected chi connectivity index (χ4v) is 2.30. The zero-order valence-corrected chi connectivity index (χ0v) is 11.1. The topological polar surface area (TPSA) is 46.3 Å². The van der Waals surface area contributed by atoms with Gasteiger partial charge in [0.25, 0.3) is 0 Å². The second kappa shape index (κ2) is 5.97. The highest BCUT2D eigenvalue weighted by atomic mass is 19.1. The van der Waals surface area contributed by atoms with Gasteiger partial charge in [-0.1, -0.05) is 12.1 Å². The summed E-state index contributed by atoms with van der Waals surface area (Å²) in [6.07, 6.45) is 3.48. The first-order valence-corrected chi connectivity index (χ1v) is 6.55. The van der Waals surface area contributed by atoms with Crippen LogP contribution in [0.4, 0.5) is 4.39 Å². The number of likely N-dealkylation sites (tertiary alicyclic amines) is 1. The lowest BCUT2D eigenvalue weighted by Gasteiger charge is -2.30. The van der Waals surface area contributed by atoms with E-state index in [1.165, 1.54) is 12.1 Å². The van der Waals surface area contributed by atoms with Crippen molar-refractivity contribution in [3.8, 4) is 0 Å². The number of allylic oxidation sites excluding steroid dienone is 1. The predicted molar refractivity (Wildman–Crippen MR) is 73.8 cm³/mol. The molecule has 2 N–H and O–H groups in total. The molecule has 1 aliphatic rings. The molecule has 1 saturated heterocycles. The molecule has 102 valence electrons. The molecule has 19 heavy (non-hydrogen) atoms. The molecule has 0 radical (unpaired) electrons. The maximum atomic E-state index is 13.1. The SMILES string of the molecule is C/C(=C\C(=O)N1CCCC(N)C1)c1cccc(F)c1. The Labute approximate surface area is 112 Å². The predicted octanol–water partition coefficient (Wildman–Crippen LogP) is 2.18. The van der Waals surface area contributed by atoms with Crippen molar-refractivity contribution in [3.63, 3.8) is 0 Å². The molecular formula is C15H19FN2O. The van der Waals surface area contributed by atoms with Crippen molar-refractivity contribution in [1.29, 1.82) is 0 Å². The van der Waals surface area contributed by atoms with Gasteiger partial charge in [-0.25, -0.2) is 4.39 Å². The van der Waals surface area contributed by atoms with Gasteiger partial charge in [0.2, 0.25) is 5.91 Å². The number of amides is 1. The van der Waals surface area contributed by atoms with Crippen LogP contribution in [0.25, 0.3) is 5.57 Å². The number of carbonyl (C=O) groups is 1. The Balaban J connectivity index is 2.09. The van der Waals surface area contributed by atoms with Crippen LogP contribution in [0.5, 0.6) is 0 Å².